The number of rotatable bonds is 5. The summed E-state index contributed by atoms with van der Waals surface area (Å²) in [6.07, 6.45) is 8.50. The van der Waals surface area contributed by atoms with Crippen molar-refractivity contribution in [2.24, 2.45) is 5.73 Å². The van der Waals surface area contributed by atoms with Crippen LogP contribution in [0.2, 0.25) is 0 Å². The largest absolute Gasteiger partial charge is 0.397 e. The summed E-state index contributed by atoms with van der Waals surface area (Å²) in [5, 5.41) is 0. The molecule has 0 aliphatic carbocycles. The molecule has 23 heavy (non-hydrogen) atoms. The van der Waals surface area contributed by atoms with Crippen molar-refractivity contribution < 1.29 is 9.59 Å². The van der Waals surface area contributed by atoms with Crippen LogP contribution in [-0.2, 0) is 9.59 Å². The van der Waals surface area contributed by atoms with Gasteiger partial charge in [-0.15, -0.1) is 0 Å². The molecule has 0 unspecified atom stereocenters. The highest BCUT2D eigenvalue weighted by atomic mass is 16.2. The zero-order chi connectivity index (χ0) is 16.7. The van der Waals surface area contributed by atoms with Crippen LogP contribution in [0.15, 0.2) is 73.1 Å². The lowest BCUT2D eigenvalue weighted by molar-refractivity contribution is -0.114. The molecule has 116 valence electrons. The Morgan fingerprint density at radius 1 is 1.04 bits per heavy atom. The van der Waals surface area contributed by atoms with Crippen molar-refractivity contribution in [1.82, 2.24) is 4.98 Å². The number of para-hydroxylation sites is 2. The van der Waals surface area contributed by atoms with Gasteiger partial charge in [0, 0.05) is 18.3 Å². The fraction of sp³-hybridized carbons (Fsp3) is 0. The molecule has 6 heteroatoms. The molecule has 1 aromatic heterocycles. The number of primary amides is 1. The van der Waals surface area contributed by atoms with Crippen LogP contribution < -0.4 is 16.4 Å². The minimum atomic E-state index is -0.585. The first-order valence-corrected chi connectivity index (χ1v) is 6.82. The van der Waals surface area contributed by atoms with Crippen LogP contribution in [0.1, 0.15) is 0 Å². The number of carbonyl (C=O) groups is 2. The maximum atomic E-state index is 12.5. The molecule has 2 rings (SSSR count). The van der Waals surface area contributed by atoms with Gasteiger partial charge < -0.3 is 11.5 Å². The fourth-order valence-corrected chi connectivity index (χ4v) is 1.93. The predicted octanol–water partition coefficient (Wildman–Crippen LogP) is 1.93. The molecule has 1 heterocycles. The van der Waals surface area contributed by atoms with Crippen molar-refractivity contribution in [3.05, 3.63) is 73.1 Å². The number of allylic oxidation sites excluding steroid dienone is 2. The van der Waals surface area contributed by atoms with E-state index in [1.54, 1.807) is 48.8 Å². The lowest BCUT2D eigenvalue weighted by atomic mass is 10.2. The minimum absolute atomic E-state index is 0.329. The van der Waals surface area contributed by atoms with Gasteiger partial charge in [-0.1, -0.05) is 24.3 Å². The smallest absolute Gasteiger partial charge is 0.255 e. The molecule has 0 aliphatic heterocycles. The number of pyridine rings is 1. The predicted molar refractivity (Wildman–Crippen MR) is 89.7 cm³/mol. The molecular formula is C17H16N4O2. The molecule has 6 nitrogen and oxygen atoms in total. The zero-order valence-electron chi connectivity index (χ0n) is 12.3. The molecule has 0 saturated carbocycles. The number of benzene rings is 1. The van der Waals surface area contributed by atoms with Crippen molar-refractivity contribution in [1.29, 1.82) is 0 Å². The number of aromatic nitrogens is 1. The summed E-state index contributed by atoms with van der Waals surface area (Å²) >= 11 is 0. The van der Waals surface area contributed by atoms with Gasteiger partial charge in [0.2, 0.25) is 5.91 Å². The number of carbonyl (C=O) groups excluding carboxylic acids is 2. The van der Waals surface area contributed by atoms with Crippen LogP contribution in [-0.4, -0.2) is 16.8 Å². The molecule has 0 aliphatic rings. The molecule has 0 atom stereocenters. The van der Waals surface area contributed by atoms with Crippen molar-refractivity contribution in [3.63, 3.8) is 0 Å². The Labute approximate surface area is 133 Å². The Bertz CT molecular complexity index is 754. The normalized spacial score (nSPS) is 11.0. The van der Waals surface area contributed by atoms with Gasteiger partial charge in [0.1, 0.15) is 0 Å². The molecule has 2 amide bonds. The third-order valence-electron chi connectivity index (χ3n) is 2.91. The molecule has 1 aromatic carbocycles. The molecule has 4 N–H and O–H groups in total. The van der Waals surface area contributed by atoms with E-state index in [9.17, 15) is 9.59 Å². The van der Waals surface area contributed by atoms with Crippen LogP contribution in [0.3, 0.4) is 0 Å². The lowest BCUT2D eigenvalue weighted by Gasteiger charge is -2.22. The number of hydrogen-bond acceptors (Lipinski definition) is 4. The maximum absolute atomic E-state index is 12.5. The fourth-order valence-electron chi connectivity index (χ4n) is 1.93. The molecular weight excluding hydrogens is 292 g/mol. The van der Waals surface area contributed by atoms with E-state index in [0.29, 0.717) is 17.1 Å². The van der Waals surface area contributed by atoms with Gasteiger partial charge in [-0.25, -0.2) is 0 Å². The van der Waals surface area contributed by atoms with Crippen molar-refractivity contribution in [2.45, 2.75) is 0 Å². The Morgan fingerprint density at radius 3 is 2.43 bits per heavy atom. The average molecular weight is 308 g/mol. The summed E-state index contributed by atoms with van der Waals surface area (Å²) in [5.74, 6) is -0.913. The third-order valence-corrected chi connectivity index (χ3v) is 2.91. The van der Waals surface area contributed by atoms with E-state index in [2.05, 4.69) is 4.98 Å². The van der Waals surface area contributed by atoms with Gasteiger partial charge in [-0.05, 0) is 24.3 Å². The van der Waals surface area contributed by atoms with Gasteiger partial charge in [0.25, 0.3) is 5.91 Å². The highest BCUT2D eigenvalue weighted by Crippen LogP contribution is 2.29. The van der Waals surface area contributed by atoms with Crippen molar-refractivity contribution >= 4 is 28.9 Å². The Balaban J connectivity index is 2.37. The Morgan fingerprint density at radius 2 is 1.78 bits per heavy atom. The minimum Gasteiger partial charge on any atom is -0.397 e. The highest BCUT2D eigenvalue weighted by Gasteiger charge is 2.17. The first-order chi connectivity index (χ1) is 11.1. The quantitative estimate of drug-likeness (QED) is 0.500. The Hall–Kier alpha value is -3.41. The second-order valence-corrected chi connectivity index (χ2v) is 4.56. The number of nitrogens with zero attached hydrogens (tertiary/aromatic N) is 2. The zero-order valence-corrected chi connectivity index (χ0v) is 12.3. The summed E-state index contributed by atoms with van der Waals surface area (Å²) in [6.45, 7) is 0. The number of nitrogen functional groups attached to an aromatic ring is 1. The van der Waals surface area contributed by atoms with Gasteiger partial charge in [-0.2, -0.15) is 0 Å². The molecule has 0 radical (unpaired) electrons. The molecule has 0 fully saturated rings. The van der Waals surface area contributed by atoms with Gasteiger partial charge in [-0.3, -0.25) is 19.5 Å². The van der Waals surface area contributed by atoms with E-state index >= 15 is 0 Å². The third kappa shape index (κ3) is 4.28. The summed E-state index contributed by atoms with van der Waals surface area (Å²) in [4.78, 5) is 28.7. The average Bonchev–Trinajstić information content (AvgIpc) is 2.54. The molecule has 0 spiro atoms. The van der Waals surface area contributed by atoms with Crippen molar-refractivity contribution in [2.75, 3.05) is 10.6 Å². The van der Waals surface area contributed by atoms with E-state index < -0.39 is 5.91 Å². The van der Waals surface area contributed by atoms with Gasteiger partial charge in [0.15, 0.2) is 0 Å². The summed E-state index contributed by atoms with van der Waals surface area (Å²) in [7, 11) is 0. The molecule has 2 aromatic rings. The van der Waals surface area contributed by atoms with Crippen LogP contribution in [0.4, 0.5) is 17.1 Å². The summed E-state index contributed by atoms with van der Waals surface area (Å²) in [6, 6.07) is 10.5. The van der Waals surface area contributed by atoms with Crippen molar-refractivity contribution in [3.8, 4) is 0 Å². The number of hydrogen-bond donors (Lipinski definition) is 2. The van der Waals surface area contributed by atoms with Gasteiger partial charge >= 0.3 is 0 Å². The number of nitrogens with two attached hydrogens (primary N) is 2. The second-order valence-electron chi connectivity index (χ2n) is 4.56. The second kappa shape index (κ2) is 7.56. The standard InChI is InChI=1S/C17H16N4O2/c18-14-7-1-2-8-15(14)21(13-6-5-11-20-12-13)17(23)10-4-3-9-16(19)22/h1-12H,18H2,(H2,19,22). The van der Waals surface area contributed by atoms with E-state index in [0.717, 1.165) is 6.08 Å². The maximum Gasteiger partial charge on any atom is 0.255 e. The summed E-state index contributed by atoms with van der Waals surface area (Å²) < 4.78 is 0. The first-order valence-electron chi connectivity index (χ1n) is 6.82. The Kier molecular flexibility index (Phi) is 5.25. The van der Waals surface area contributed by atoms with Crippen LogP contribution in [0.25, 0.3) is 0 Å². The number of anilines is 3. The van der Waals surface area contributed by atoms with Gasteiger partial charge in [0.05, 0.1) is 23.3 Å². The monoisotopic (exact) mass is 308 g/mol. The van der Waals surface area contributed by atoms with E-state index in [-0.39, 0.29) is 5.91 Å². The molecule has 0 saturated heterocycles. The lowest BCUT2D eigenvalue weighted by Crippen LogP contribution is -2.24. The highest BCUT2D eigenvalue weighted by molar-refractivity contribution is 6.08. The van der Waals surface area contributed by atoms with E-state index in [1.807, 2.05) is 0 Å². The van der Waals surface area contributed by atoms with E-state index in [1.165, 1.54) is 23.1 Å². The van der Waals surface area contributed by atoms with Crippen LogP contribution in [0.5, 0.6) is 0 Å². The first kappa shape index (κ1) is 16.0. The van der Waals surface area contributed by atoms with E-state index in [4.69, 9.17) is 11.5 Å². The molecule has 0 bridgehead atoms. The van der Waals surface area contributed by atoms with Crippen LogP contribution in [0, 0.1) is 0 Å². The van der Waals surface area contributed by atoms with Crippen LogP contribution >= 0.6 is 0 Å². The topological polar surface area (TPSA) is 102 Å². The summed E-state index contributed by atoms with van der Waals surface area (Å²) in [5.41, 5.74) is 12.6. The number of amides is 2. The SMILES string of the molecule is NC(=O)C=CC=CC(=O)N(c1cccnc1)c1ccccc1N.